The SMILES string of the molecule is O=C(O)CN(c1ccc(Cl)cc1)S(=O)(=O)C1CCCC1. The predicted molar refractivity (Wildman–Crippen MR) is 77.6 cm³/mol. The summed E-state index contributed by atoms with van der Waals surface area (Å²) in [5.74, 6) is -1.18. The molecule has 0 aromatic heterocycles. The summed E-state index contributed by atoms with van der Waals surface area (Å²) in [6, 6.07) is 6.15. The van der Waals surface area contributed by atoms with Crippen molar-refractivity contribution in [3.05, 3.63) is 29.3 Å². The van der Waals surface area contributed by atoms with E-state index in [2.05, 4.69) is 0 Å². The highest BCUT2D eigenvalue weighted by Gasteiger charge is 2.35. The number of halogens is 1. The van der Waals surface area contributed by atoms with Gasteiger partial charge in [0, 0.05) is 5.02 Å². The second kappa shape index (κ2) is 6.01. The number of carbonyl (C=O) groups is 1. The van der Waals surface area contributed by atoms with E-state index >= 15 is 0 Å². The molecule has 0 aliphatic heterocycles. The monoisotopic (exact) mass is 317 g/mol. The number of benzene rings is 1. The molecule has 7 heteroatoms. The van der Waals surface area contributed by atoms with Gasteiger partial charge >= 0.3 is 5.97 Å². The molecule has 0 atom stereocenters. The predicted octanol–water partition coefficient (Wildman–Crippen LogP) is 2.50. The van der Waals surface area contributed by atoms with E-state index in [9.17, 15) is 13.2 Å². The molecule has 0 unspecified atom stereocenters. The molecule has 1 aromatic carbocycles. The van der Waals surface area contributed by atoms with E-state index in [-0.39, 0.29) is 0 Å². The molecule has 0 amide bonds. The van der Waals surface area contributed by atoms with E-state index in [1.807, 2.05) is 0 Å². The molecule has 1 aromatic rings. The minimum atomic E-state index is -3.65. The maximum absolute atomic E-state index is 12.6. The first kappa shape index (κ1) is 15.1. The highest BCUT2D eigenvalue weighted by Crippen LogP contribution is 2.30. The normalized spacial score (nSPS) is 16.2. The molecule has 0 heterocycles. The van der Waals surface area contributed by atoms with Gasteiger partial charge in [0.1, 0.15) is 6.54 Å². The smallest absolute Gasteiger partial charge is 0.324 e. The Morgan fingerprint density at radius 3 is 2.30 bits per heavy atom. The summed E-state index contributed by atoms with van der Waals surface area (Å²) in [5.41, 5.74) is 0.337. The van der Waals surface area contributed by atoms with Crippen molar-refractivity contribution in [2.24, 2.45) is 0 Å². The van der Waals surface area contributed by atoms with Crippen molar-refractivity contribution in [3.8, 4) is 0 Å². The number of anilines is 1. The summed E-state index contributed by atoms with van der Waals surface area (Å²) in [4.78, 5) is 11.0. The van der Waals surface area contributed by atoms with Crippen LogP contribution in [0.4, 0.5) is 5.69 Å². The van der Waals surface area contributed by atoms with Crippen molar-refractivity contribution in [1.29, 1.82) is 0 Å². The van der Waals surface area contributed by atoms with Gasteiger partial charge in [-0.25, -0.2) is 8.42 Å². The van der Waals surface area contributed by atoms with Gasteiger partial charge in [-0.3, -0.25) is 9.10 Å². The van der Waals surface area contributed by atoms with Crippen LogP contribution in [0.3, 0.4) is 0 Å². The van der Waals surface area contributed by atoms with Gasteiger partial charge in [0.2, 0.25) is 10.0 Å². The second-order valence-corrected chi connectivity index (χ2v) is 7.40. The van der Waals surface area contributed by atoms with Crippen molar-refractivity contribution in [2.75, 3.05) is 10.8 Å². The lowest BCUT2D eigenvalue weighted by molar-refractivity contribution is -0.135. The highest BCUT2D eigenvalue weighted by atomic mass is 35.5. The molecule has 0 bridgehead atoms. The van der Waals surface area contributed by atoms with E-state index in [0.717, 1.165) is 17.1 Å². The minimum absolute atomic E-state index is 0.337. The van der Waals surface area contributed by atoms with Gasteiger partial charge < -0.3 is 5.11 Å². The molecular formula is C13H16ClNO4S. The van der Waals surface area contributed by atoms with Crippen LogP contribution in [-0.4, -0.2) is 31.3 Å². The zero-order chi connectivity index (χ0) is 14.8. The van der Waals surface area contributed by atoms with Gasteiger partial charge in [0.15, 0.2) is 0 Å². The summed E-state index contributed by atoms with van der Waals surface area (Å²) in [6.07, 6.45) is 2.91. The number of carboxylic acids is 1. The third-order valence-corrected chi connectivity index (χ3v) is 5.94. The first-order valence-corrected chi connectivity index (χ1v) is 8.28. The Morgan fingerprint density at radius 1 is 1.25 bits per heavy atom. The topological polar surface area (TPSA) is 74.7 Å². The van der Waals surface area contributed by atoms with Gasteiger partial charge in [0.05, 0.1) is 10.9 Å². The number of carboxylic acid groups (broad SMARTS) is 1. The van der Waals surface area contributed by atoms with Crippen molar-refractivity contribution >= 4 is 33.3 Å². The average molecular weight is 318 g/mol. The first-order chi connectivity index (χ1) is 9.41. The number of nitrogens with zero attached hydrogens (tertiary/aromatic N) is 1. The number of hydrogen-bond donors (Lipinski definition) is 1. The van der Waals surface area contributed by atoms with Gasteiger partial charge in [-0.15, -0.1) is 0 Å². The fraction of sp³-hybridized carbons (Fsp3) is 0.462. The average Bonchev–Trinajstić information content (AvgIpc) is 2.91. The lowest BCUT2D eigenvalue weighted by atomic mass is 10.3. The number of rotatable bonds is 5. The van der Waals surface area contributed by atoms with Crippen LogP contribution in [0.15, 0.2) is 24.3 Å². The Balaban J connectivity index is 2.36. The fourth-order valence-corrected chi connectivity index (χ4v) is 4.55. The number of sulfonamides is 1. The van der Waals surface area contributed by atoms with Crippen LogP contribution in [0.2, 0.25) is 5.02 Å². The molecule has 5 nitrogen and oxygen atoms in total. The summed E-state index contributed by atoms with van der Waals surface area (Å²) in [6.45, 7) is -0.569. The number of hydrogen-bond acceptors (Lipinski definition) is 3. The van der Waals surface area contributed by atoms with Crippen molar-refractivity contribution < 1.29 is 18.3 Å². The van der Waals surface area contributed by atoms with E-state index in [1.165, 1.54) is 12.1 Å². The molecular weight excluding hydrogens is 302 g/mol. The highest BCUT2D eigenvalue weighted by molar-refractivity contribution is 7.93. The molecule has 0 radical (unpaired) electrons. The molecule has 1 aliphatic rings. The molecule has 1 aliphatic carbocycles. The van der Waals surface area contributed by atoms with Crippen LogP contribution < -0.4 is 4.31 Å². The Labute approximate surface area is 123 Å². The summed E-state index contributed by atoms with van der Waals surface area (Å²) < 4.78 is 26.1. The fourth-order valence-electron chi connectivity index (χ4n) is 2.42. The Bertz CT molecular complexity index is 579. The second-order valence-electron chi connectivity index (χ2n) is 4.83. The molecule has 1 N–H and O–H groups in total. The lowest BCUT2D eigenvalue weighted by Gasteiger charge is -2.26. The molecule has 20 heavy (non-hydrogen) atoms. The lowest BCUT2D eigenvalue weighted by Crippen LogP contribution is -2.41. The van der Waals surface area contributed by atoms with Crippen LogP contribution >= 0.6 is 11.6 Å². The maximum Gasteiger partial charge on any atom is 0.324 e. The Kier molecular flexibility index (Phi) is 4.55. The van der Waals surface area contributed by atoms with Crippen molar-refractivity contribution in [1.82, 2.24) is 0 Å². The Morgan fingerprint density at radius 2 is 1.80 bits per heavy atom. The Hall–Kier alpha value is -1.27. The van der Waals surface area contributed by atoms with Crippen LogP contribution in [0, 0.1) is 0 Å². The molecule has 2 rings (SSSR count). The minimum Gasteiger partial charge on any atom is -0.480 e. The van der Waals surface area contributed by atoms with Gasteiger partial charge in [-0.05, 0) is 37.1 Å². The summed E-state index contributed by atoms with van der Waals surface area (Å²) >= 11 is 5.78. The van der Waals surface area contributed by atoms with Gasteiger partial charge in [-0.2, -0.15) is 0 Å². The molecule has 0 spiro atoms. The van der Waals surface area contributed by atoms with Gasteiger partial charge in [0.25, 0.3) is 0 Å². The maximum atomic E-state index is 12.6. The molecule has 1 saturated carbocycles. The standard InChI is InChI=1S/C13H16ClNO4S/c14-10-5-7-11(8-6-10)15(9-13(16)17)20(18,19)12-3-1-2-4-12/h5-8,12H,1-4,9H2,(H,16,17). The van der Waals surface area contributed by atoms with Crippen LogP contribution in [0.5, 0.6) is 0 Å². The van der Waals surface area contributed by atoms with Crippen molar-refractivity contribution in [2.45, 2.75) is 30.9 Å². The third kappa shape index (κ3) is 3.24. The zero-order valence-electron chi connectivity index (χ0n) is 10.8. The van der Waals surface area contributed by atoms with Gasteiger partial charge in [-0.1, -0.05) is 24.4 Å². The van der Waals surface area contributed by atoms with Crippen LogP contribution in [-0.2, 0) is 14.8 Å². The molecule has 0 saturated heterocycles. The summed E-state index contributed by atoms with van der Waals surface area (Å²) in [7, 11) is -3.65. The van der Waals surface area contributed by atoms with Crippen LogP contribution in [0.25, 0.3) is 0 Å². The van der Waals surface area contributed by atoms with Crippen LogP contribution in [0.1, 0.15) is 25.7 Å². The first-order valence-electron chi connectivity index (χ1n) is 6.40. The van der Waals surface area contributed by atoms with Crippen molar-refractivity contribution in [3.63, 3.8) is 0 Å². The number of aliphatic carboxylic acids is 1. The van der Waals surface area contributed by atoms with E-state index in [1.54, 1.807) is 12.1 Å². The van der Waals surface area contributed by atoms with E-state index < -0.39 is 27.8 Å². The van der Waals surface area contributed by atoms with E-state index in [0.29, 0.717) is 23.6 Å². The third-order valence-electron chi connectivity index (χ3n) is 3.42. The largest absolute Gasteiger partial charge is 0.480 e. The molecule has 110 valence electrons. The van der Waals surface area contributed by atoms with E-state index in [4.69, 9.17) is 16.7 Å². The quantitative estimate of drug-likeness (QED) is 0.905. The molecule has 1 fully saturated rings. The summed E-state index contributed by atoms with van der Waals surface area (Å²) in [5, 5.41) is 8.96. The zero-order valence-corrected chi connectivity index (χ0v) is 12.4.